The van der Waals surface area contributed by atoms with Crippen LogP contribution < -0.4 is 5.32 Å². The fourth-order valence-corrected chi connectivity index (χ4v) is 3.27. The Hall–Kier alpha value is -0.930. The topological polar surface area (TPSA) is 79.4 Å². The van der Waals surface area contributed by atoms with E-state index in [9.17, 15) is 13.2 Å². The van der Waals surface area contributed by atoms with Gasteiger partial charge in [-0.25, -0.2) is 13.4 Å². The lowest BCUT2D eigenvalue weighted by atomic mass is 10.3. The molecular formula is C11H11Cl2N3O3S2. The Morgan fingerprint density at radius 2 is 2.00 bits per heavy atom. The molecule has 114 valence electrons. The molecule has 0 radical (unpaired) electrons. The number of anilines is 1. The molecule has 1 aromatic carbocycles. The zero-order chi connectivity index (χ0) is 15.8. The molecule has 1 amide bonds. The number of likely N-dealkylation sites (N-methyl/N-ethyl adjacent to an activating group) is 1. The van der Waals surface area contributed by atoms with Crippen molar-refractivity contribution < 1.29 is 13.2 Å². The van der Waals surface area contributed by atoms with Crippen molar-refractivity contribution in [1.29, 1.82) is 0 Å². The maximum Gasteiger partial charge on any atom is 0.241 e. The van der Waals surface area contributed by atoms with Gasteiger partial charge in [0.2, 0.25) is 15.9 Å². The smallest absolute Gasteiger partial charge is 0.241 e. The Bertz CT molecular complexity index is 765. The van der Waals surface area contributed by atoms with Crippen LogP contribution in [0.25, 0.3) is 10.2 Å². The monoisotopic (exact) mass is 367 g/mol. The van der Waals surface area contributed by atoms with Gasteiger partial charge in [-0.1, -0.05) is 34.5 Å². The van der Waals surface area contributed by atoms with E-state index in [4.69, 9.17) is 23.2 Å². The van der Waals surface area contributed by atoms with Crippen molar-refractivity contribution in [2.45, 2.75) is 0 Å². The second kappa shape index (κ2) is 6.05. The van der Waals surface area contributed by atoms with E-state index >= 15 is 0 Å². The zero-order valence-corrected chi connectivity index (χ0v) is 14.2. The number of thiazole rings is 1. The van der Waals surface area contributed by atoms with Gasteiger partial charge in [-0.3, -0.25) is 4.79 Å². The number of nitrogens with zero attached hydrogens (tertiary/aromatic N) is 2. The van der Waals surface area contributed by atoms with Crippen LogP contribution in [0.2, 0.25) is 10.0 Å². The Morgan fingerprint density at radius 1 is 1.38 bits per heavy atom. The van der Waals surface area contributed by atoms with Crippen molar-refractivity contribution in [1.82, 2.24) is 9.29 Å². The van der Waals surface area contributed by atoms with Crippen LogP contribution in [0.3, 0.4) is 0 Å². The van der Waals surface area contributed by atoms with Crippen LogP contribution in [0.4, 0.5) is 5.13 Å². The molecule has 2 aromatic rings. The van der Waals surface area contributed by atoms with Crippen LogP contribution in [-0.4, -0.2) is 43.5 Å². The first-order chi connectivity index (χ1) is 9.68. The molecule has 0 aliphatic carbocycles. The summed E-state index contributed by atoms with van der Waals surface area (Å²) in [5.74, 6) is -0.491. The number of hydrogen-bond donors (Lipinski definition) is 1. The highest BCUT2D eigenvalue weighted by Crippen LogP contribution is 2.35. The number of aromatic nitrogens is 1. The Morgan fingerprint density at radius 3 is 2.57 bits per heavy atom. The van der Waals surface area contributed by atoms with E-state index in [1.165, 1.54) is 18.4 Å². The third-order valence-corrected chi connectivity index (χ3v) is 5.62. The minimum absolute atomic E-state index is 0.295. The summed E-state index contributed by atoms with van der Waals surface area (Å²) >= 11 is 13.2. The van der Waals surface area contributed by atoms with Crippen molar-refractivity contribution in [3.63, 3.8) is 0 Å². The lowest BCUT2D eigenvalue weighted by Gasteiger charge is -2.12. The van der Waals surface area contributed by atoms with Gasteiger partial charge in [0.25, 0.3) is 0 Å². The number of nitrogens with one attached hydrogen (secondary N) is 1. The molecule has 0 saturated heterocycles. The molecule has 1 heterocycles. The number of rotatable bonds is 4. The molecule has 1 N–H and O–H groups in total. The first-order valence-electron chi connectivity index (χ1n) is 5.64. The molecule has 0 aliphatic heterocycles. The molecule has 0 atom stereocenters. The number of hydrogen-bond acceptors (Lipinski definition) is 5. The van der Waals surface area contributed by atoms with Crippen LogP contribution in [0.15, 0.2) is 12.1 Å². The summed E-state index contributed by atoms with van der Waals surface area (Å²) in [6.07, 6.45) is 1.03. The van der Waals surface area contributed by atoms with Crippen molar-refractivity contribution in [3.8, 4) is 0 Å². The number of carbonyl (C=O) groups excluding carboxylic acids is 1. The largest absolute Gasteiger partial charge is 0.301 e. The summed E-state index contributed by atoms with van der Waals surface area (Å²) in [7, 11) is -2.09. The highest BCUT2D eigenvalue weighted by Gasteiger charge is 2.17. The average molecular weight is 368 g/mol. The number of fused-ring (bicyclic) bond motifs is 1. The molecule has 2 rings (SSSR count). The lowest BCUT2D eigenvalue weighted by molar-refractivity contribution is -0.116. The molecule has 0 unspecified atom stereocenters. The van der Waals surface area contributed by atoms with Gasteiger partial charge in [0, 0.05) is 7.05 Å². The first-order valence-corrected chi connectivity index (χ1v) is 9.06. The van der Waals surface area contributed by atoms with Gasteiger partial charge in [0.15, 0.2) is 5.13 Å². The summed E-state index contributed by atoms with van der Waals surface area (Å²) in [5, 5.41) is 3.76. The third kappa shape index (κ3) is 3.83. The molecule has 0 fully saturated rings. The minimum Gasteiger partial charge on any atom is -0.301 e. The van der Waals surface area contributed by atoms with Gasteiger partial charge < -0.3 is 5.32 Å². The normalized spacial score (nSPS) is 12.0. The standard InChI is InChI=1S/C11H11Cl2N3O3S2/c1-16(21(2,18)19)5-8(17)14-11-15-9-6(12)3-4-7(13)10(9)20-11/h3-4H,5H2,1-2H3,(H,14,15,17). The molecule has 0 aliphatic rings. The van der Waals surface area contributed by atoms with Gasteiger partial charge in [0.05, 0.1) is 27.5 Å². The summed E-state index contributed by atoms with van der Waals surface area (Å²) in [4.78, 5) is 16.0. The third-order valence-electron chi connectivity index (χ3n) is 2.63. The number of benzene rings is 1. The highest BCUT2D eigenvalue weighted by molar-refractivity contribution is 7.88. The van der Waals surface area contributed by atoms with E-state index in [-0.39, 0.29) is 6.54 Å². The van der Waals surface area contributed by atoms with Crippen LogP contribution >= 0.6 is 34.5 Å². The van der Waals surface area contributed by atoms with E-state index in [1.807, 2.05) is 0 Å². The van der Waals surface area contributed by atoms with E-state index < -0.39 is 15.9 Å². The van der Waals surface area contributed by atoms with Gasteiger partial charge >= 0.3 is 0 Å². The van der Waals surface area contributed by atoms with Crippen LogP contribution in [0, 0.1) is 0 Å². The number of amides is 1. The molecule has 6 nitrogen and oxygen atoms in total. The molecule has 0 saturated carbocycles. The first kappa shape index (κ1) is 16.4. The number of halogens is 2. The number of carbonyl (C=O) groups is 1. The SMILES string of the molecule is CN(CC(=O)Nc1nc2c(Cl)ccc(Cl)c2s1)S(C)(=O)=O. The Labute approximate surface area is 135 Å². The summed E-state index contributed by atoms with van der Waals surface area (Å²) in [5.41, 5.74) is 0.501. The maximum atomic E-state index is 11.8. The molecule has 1 aromatic heterocycles. The second-order valence-corrected chi connectivity index (χ2v) is 8.20. The molecule has 0 spiro atoms. The molecule has 10 heteroatoms. The van der Waals surface area contributed by atoms with Crippen LogP contribution in [-0.2, 0) is 14.8 Å². The number of sulfonamides is 1. The van der Waals surface area contributed by atoms with E-state index in [2.05, 4.69) is 10.3 Å². The van der Waals surface area contributed by atoms with Crippen molar-refractivity contribution in [2.24, 2.45) is 0 Å². The van der Waals surface area contributed by atoms with Gasteiger partial charge in [-0.05, 0) is 12.1 Å². The quantitative estimate of drug-likeness (QED) is 0.899. The Balaban J connectivity index is 2.19. The lowest BCUT2D eigenvalue weighted by Crippen LogP contribution is -2.34. The van der Waals surface area contributed by atoms with Crippen molar-refractivity contribution >= 4 is 65.8 Å². The van der Waals surface area contributed by atoms with Crippen molar-refractivity contribution in [2.75, 3.05) is 25.2 Å². The van der Waals surface area contributed by atoms with Crippen molar-refractivity contribution in [3.05, 3.63) is 22.2 Å². The van der Waals surface area contributed by atoms with E-state index in [0.717, 1.165) is 10.6 Å². The predicted molar refractivity (Wildman–Crippen MR) is 85.7 cm³/mol. The van der Waals surface area contributed by atoms with E-state index in [1.54, 1.807) is 12.1 Å². The highest BCUT2D eigenvalue weighted by atomic mass is 35.5. The fourth-order valence-electron chi connectivity index (χ4n) is 1.48. The fraction of sp³-hybridized carbons (Fsp3) is 0.273. The molecule has 0 bridgehead atoms. The second-order valence-electron chi connectivity index (χ2n) is 4.29. The predicted octanol–water partition coefficient (Wildman–Crippen LogP) is 2.43. The zero-order valence-electron chi connectivity index (χ0n) is 11.1. The van der Waals surface area contributed by atoms with E-state index in [0.29, 0.717) is 25.4 Å². The average Bonchev–Trinajstić information content (AvgIpc) is 2.77. The molecular weight excluding hydrogens is 357 g/mol. The molecule has 21 heavy (non-hydrogen) atoms. The minimum atomic E-state index is -3.41. The van der Waals surface area contributed by atoms with Crippen LogP contribution in [0.5, 0.6) is 0 Å². The van der Waals surface area contributed by atoms with Gasteiger partial charge in [-0.2, -0.15) is 4.31 Å². The van der Waals surface area contributed by atoms with Gasteiger partial charge in [-0.15, -0.1) is 0 Å². The summed E-state index contributed by atoms with van der Waals surface area (Å²) in [6.45, 7) is -0.295. The summed E-state index contributed by atoms with van der Waals surface area (Å²) in [6, 6.07) is 3.27. The Kier molecular flexibility index (Phi) is 4.74. The maximum absolute atomic E-state index is 11.8. The summed E-state index contributed by atoms with van der Waals surface area (Å²) < 4.78 is 24.1. The van der Waals surface area contributed by atoms with Gasteiger partial charge in [0.1, 0.15) is 5.52 Å². The van der Waals surface area contributed by atoms with Crippen LogP contribution in [0.1, 0.15) is 0 Å².